The summed E-state index contributed by atoms with van der Waals surface area (Å²) in [4.78, 5) is 57.0. The molecule has 27 heavy (non-hydrogen) atoms. The van der Waals surface area contributed by atoms with Crippen LogP contribution in [-0.2, 0) is 24.0 Å². The van der Waals surface area contributed by atoms with Gasteiger partial charge in [-0.15, -0.1) is 0 Å². The molecule has 0 aromatic heterocycles. The monoisotopic (exact) mass is 389 g/mol. The van der Waals surface area contributed by atoms with Crippen molar-refractivity contribution in [3.05, 3.63) is 0 Å². The molecule has 12 nitrogen and oxygen atoms in total. The van der Waals surface area contributed by atoms with Gasteiger partial charge in [-0.25, -0.2) is 4.79 Å². The number of amides is 3. The molecule has 0 heterocycles. The Hall–Kier alpha value is -2.73. The molecule has 0 aromatic carbocycles. The number of carbonyl (C=O) groups excluding carboxylic acids is 3. The molecule has 0 radical (unpaired) electrons. The molecule has 0 rings (SSSR count). The number of aliphatic carboxylic acids is 2. The molecule has 0 bridgehead atoms. The first-order chi connectivity index (χ1) is 12.6. The van der Waals surface area contributed by atoms with Crippen LogP contribution in [0.1, 0.15) is 38.5 Å². The van der Waals surface area contributed by atoms with Crippen molar-refractivity contribution in [1.29, 1.82) is 0 Å². The topological polar surface area (TPSA) is 228 Å². The summed E-state index contributed by atoms with van der Waals surface area (Å²) in [5, 5.41) is 22.2. The minimum atomic E-state index is -1.54. The van der Waals surface area contributed by atoms with E-state index in [9.17, 15) is 24.0 Å². The zero-order valence-corrected chi connectivity index (χ0v) is 14.8. The summed E-state index contributed by atoms with van der Waals surface area (Å²) in [5.74, 6) is -5.05. The number of carbonyl (C=O) groups is 5. The lowest BCUT2D eigenvalue weighted by Gasteiger charge is -2.22. The summed E-state index contributed by atoms with van der Waals surface area (Å²) >= 11 is 0. The fourth-order valence-electron chi connectivity index (χ4n) is 2.12. The van der Waals surface area contributed by atoms with Crippen LogP contribution >= 0.6 is 0 Å². The largest absolute Gasteiger partial charge is 0.481 e. The van der Waals surface area contributed by atoms with Crippen molar-refractivity contribution in [3.8, 4) is 0 Å². The zero-order valence-electron chi connectivity index (χ0n) is 14.8. The van der Waals surface area contributed by atoms with Crippen molar-refractivity contribution in [2.45, 2.75) is 56.7 Å². The summed E-state index contributed by atoms with van der Waals surface area (Å²) in [7, 11) is 0. The lowest BCUT2D eigenvalue weighted by atomic mass is 10.1. The summed E-state index contributed by atoms with van der Waals surface area (Å²) in [6.07, 6.45) is 0.128. The van der Waals surface area contributed by atoms with Crippen LogP contribution in [0.5, 0.6) is 0 Å². The summed E-state index contributed by atoms with van der Waals surface area (Å²) in [6, 6.07) is -3.80. The average Bonchev–Trinajstić information content (AvgIpc) is 2.57. The Morgan fingerprint density at radius 2 is 1.48 bits per heavy atom. The lowest BCUT2D eigenvalue weighted by molar-refractivity contribution is -0.143. The van der Waals surface area contributed by atoms with Gasteiger partial charge in [-0.1, -0.05) is 0 Å². The zero-order chi connectivity index (χ0) is 21.0. The fourth-order valence-corrected chi connectivity index (χ4v) is 2.12. The van der Waals surface area contributed by atoms with E-state index in [4.69, 9.17) is 27.4 Å². The molecule has 0 spiro atoms. The van der Waals surface area contributed by atoms with Gasteiger partial charge in [0.05, 0.1) is 12.5 Å². The molecule has 0 fully saturated rings. The molecule has 0 saturated heterocycles. The molecule has 0 aliphatic heterocycles. The van der Waals surface area contributed by atoms with E-state index in [0.717, 1.165) is 0 Å². The van der Waals surface area contributed by atoms with Crippen molar-refractivity contribution < 1.29 is 34.2 Å². The van der Waals surface area contributed by atoms with Gasteiger partial charge in [-0.3, -0.25) is 19.2 Å². The minimum Gasteiger partial charge on any atom is -0.481 e. The Balaban J connectivity index is 5.01. The van der Waals surface area contributed by atoms with Gasteiger partial charge < -0.3 is 38.0 Å². The van der Waals surface area contributed by atoms with Crippen molar-refractivity contribution >= 4 is 29.7 Å². The first-order valence-electron chi connectivity index (χ1n) is 8.37. The summed E-state index contributed by atoms with van der Waals surface area (Å²) in [6.45, 7) is 0.361. The highest BCUT2D eigenvalue weighted by Gasteiger charge is 2.28. The SMILES string of the molecule is NCCCC[C@H](NC(=O)[C@@H](N)CCC(=O)O)C(=O)N[C@@H](CC(N)=O)C(=O)O. The predicted molar refractivity (Wildman–Crippen MR) is 93.1 cm³/mol. The number of hydrogen-bond acceptors (Lipinski definition) is 7. The quantitative estimate of drug-likeness (QED) is 0.152. The summed E-state index contributed by atoms with van der Waals surface area (Å²) in [5.41, 5.74) is 16.0. The van der Waals surface area contributed by atoms with Gasteiger partial charge >= 0.3 is 11.9 Å². The molecule has 0 saturated carbocycles. The maximum Gasteiger partial charge on any atom is 0.326 e. The Morgan fingerprint density at radius 3 is 1.96 bits per heavy atom. The van der Waals surface area contributed by atoms with E-state index in [1.54, 1.807) is 0 Å². The van der Waals surface area contributed by atoms with E-state index < -0.39 is 54.2 Å². The first-order valence-corrected chi connectivity index (χ1v) is 8.37. The number of primary amides is 1. The number of carboxylic acids is 2. The van der Waals surface area contributed by atoms with Crippen LogP contribution in [0.2, 0.25) is 0 Å². The predicted octanol–water partition coefficient (Wildman–Crippen LogP) is -2.76. The Bertz CT molecular complexity index is 555. The maximum atomic E-state index is 12.4. The van der Waals surface area contributed by atoms with Gasteiger partial charge in [0, 0.05) is 6.42 Å². The molecule has 0 aliphatic rings. The maximum absolute atomic E-state index is 12.4. The smallest absolute Gasteiger partial charge is 0.326 e. The molecule has 3 atom stereocenters. The fraction of sp³-hybridized carbons (Fsp3) is 0.667. The molecular weight excluding hydrogens is 362 g/mol. The van der Waals surface area contributed by atoms with Gasteiger partial charge in [0.2, 0.25) is 17.7 Å². The number of unbranched alkanes of at least 4 members (excludes halogenated alkanes) is 1. The number of nitrogens with one attached hydrogen (secondary N) is 2. The van der Waals surface area contributed by atoms with E-state index in [1.807, 2.05) is 0 Å². The van der Waals surface area contributed by atoms with Crippen LogP contribution in [-0.4, -0.2) is 64.5 Å². The first kappa shape index (κ1) is 24.3. The Kier molecular flexibility index (Phi) is 11.3. The number of rotatable bonds is 14. The van der Waals surface area contributed by atoms with Gasteiger partial charge in [-0.2, -0.15) is 0 Å². The average molecular weight is 389 g/mol. The van der Waals surface area contributed by atoms with Crippen molar-refractivity contribution in [2.75, 3.05) is 6.54 Å². The van der Waals surface area contributed by atoms with Crippen LogP contribution in [0, 0.1) is 0 Å². The third-order valence-corrected chi connectivity index (χ3v) is 3.61. The van der Waals surface area contributed by atoms with E-state index in [2.05, 4.69) is 10.6 Å². The molecule has 154 valence electrons. The van der Waals surface area contributed by atoms with E-state index in [1.165, 1.54) is 0 Å². The molecular formula is C15H27N5O7. The van der Waals surface area contributed by atoms with Gasteiger partial charge in [0.25, 0.3) is 0 Å². The second-order valence-electron chi connectivity index (χ2n) is 5.95. The number of nitrogens with two attached hydrogens (primary N) is 3. The molecule has 3 amide bonds. The molecule has 0 aromatic rings. The van der Waals surface area contributed by atoms with Gasteiger partial charge in [0.15, 0.2) is 0 Å². The van der Waals surface area contributed by atoms with Crippen LogP contribution in [0.4, 0.5) is 0 Å². The van der Waals surface area contributed by atoms with Crippen LogP contribution in [0.15, 0.2) is 0 Å². The highest BCUT2D eigenvalue weighted by atomic mass is 16.4. The van der Waals surface area contributed by atoms with Crippen LogP contribution in [0.25, 0.3) is 0 Å². The molecule has 0 unspecified atom stereocenters. The third kappa shape index (κ3) is 10.8. The number of carboxylic acid groups (broad SMARTS) is 2. The van der Waals surface area contributed by atoms with Gasteiger partial charge in [-0.05, 0) is 32.2 Å². The van der Waals surface area contributed by atoms with E-state index >= 15 is 0 Å². The van der Waals surface area contributed by atoms with Crippen molar-refractivity contribution in [3.63, 3.8) is 0 Å². The van der Waals surface area contributed by atoms with E-state index in [0.29, 0.717) is 19.4 Å². The second-order valence-corrected chi connectivity index (χ2v) is 5.95. The number of hydrogen-bond donors (Lipinski definition) is 7. The molecule has 10 N–H and O–H groups in total. The minimum absolute atomic E-state index is 0.127. The second kappa shape index (κ2) is 12.6. The summed E-state index contributed by atoms with van der Waals surface area (Å²) < 4.78 is 0. The van der Waals surface area contributed by atoms with Crippen molar-refractivity contribution in [1.82, 2.24) is 10.6 Å². The van der Waals surface area contributed by atoms with E-state index in [-0.39, 0.29) is 19.3 Å². The van der Waals surface area contributed by atoms with Crippen molar-refractivity contribution in [2.24, 2.45) is 17.2 Å². The third-order valence-electron chi connectivity index (χ3n) is 3.61. The Labute approximate surface area is 155 Å². The normalized spacial score (nSPS) is 13.9. The highest BCUT2D eigenvalue weighted by molar-refractivity contribution is 5.93. The molecule has 12 heteroatoms. The van der Waals surface area contributed by atoms with Gasteiger partial charge in [0.1, 0.15) is 12.1 Å². The van der Waals surface area contributed by atoms with Crippen LogP contribution < -0.4 is 27.8 Å². The van der Waals surface area contributed by atoms with Crippen LogP contribution in [0.3, 0.4) is 0 Å². The standard InChI is InChI=1S/C15H27N5O7/c16-6-2-1-3-9(19-13(24)8(17)4-5-12(22)23)14(25)20-10(15(26)27)7-11(18)21/h8-10H,1-7,16-17H2,(H2,18,21)(H,19,24)(H,20,25)(H,22,23)(H,26,27)/t8-,9-,10-/m0/s1. The highest BCUT2D eigenvalue weighted by Crippen LogP contribution is 2.04. The lowest BCUT2D eigenvalue weighted by Crippen LogP contribution is -2.55. The Morgan fingerprint density at radius 1 is 0.889 bits per heavy atom. The molecule has 0 aliphatic carbocycles.